The molecule has 6 aromatic rings. The van der Waals surface area contributed by atoms with E-state index in [1.54, 1.807) is 0 Å². The monoisotopic (exact) mass is 811 g/mol. The van der Waals surface area contributed by atoms with E-state index in [1.807, 2.05) is 182 Å². The zero-order valence-corrected chi connectivity index (χ0v) is 33.9. The third-order valence-corrected chi connectivity index (χ3v) is 11.0. The molecule has 59 heavy (non-hydrogen) atoms. The lowest BCUT2D eigenvalue weighted by Gasteiger charge is -2.28. The summed E-state index contributed by atoms with van der Waals surface area (Å²) in [6, 6.07) is 58.0. The standard InChI is InChI=1S/C49H50NO8P/c51-40-50(56-37-44-25-13-4-14-26-44)33-48(54-35-42-21-9-2-10-22-42)49(55-36-43-23-11-3-12-24-43)47(53-34-41-19-7-1-8-20-41)31-32-59(52,57-38-45-27-15-5-16-28-45)58-39-46-29-17-6-18-30-46/h1-30,40,48H,31-39H2/b49-47+. The fraction of sp³-hybridized carbons (Fsp3) is 0.204. The van der Waals surface area contributed by atoms with Gasteiger partial charge in [0, 0.05) is 6.42 Å². The maximum absolute atomic E-state index is 14.8. The van der Waals surface area contributed by atoms with Crippen molar-refractivity contribution in [2.24, 2.45) is 0 Å². The van der Waals surface area contributed by atoms with Gasteiger partial charge in [-0.05, 0) is 33.4 Å². The first-order valence-electron chi connectivity index (χ1n) is 19.6. The number of carbonyl (C=O) groups is 1. The molecule has 0 fully saturated rings. The van der Waals surface area contributed by atoms with Gasteiger partial charge in [0.2, 0.25) is 6.41 Å². The third-order valence-electron chi connectivity index (χ3n) is 9.21. The molecule has 0 aliphatic heterocycles. The van der Waals surface area contributed by atoms with Crippen molar-refractivity contribution < 1.29 is 37.5 Å². The molecular formula is C49H50NO8P. The summed E-state index contributed by atoms with van der Waals surface area (Å²) in [4.78, 5) is 18.7. The molecule has 9 nitrogen and oxygen atoms in total. The van der Waals surface area contributed by atoms with Crippen molar-refractivity contribution in [2.75, 3.05) is 12.7 Å². The van der Waals surface area contributed by atoms with E-state index < -0.39 is 13.7 Å². The van der Waals surface area contributed by atoms with Gasteiger partial charge in [0.05, 0.1) is 32.5 Å². The van der Waals surface area contributed by atoms with E-state index >= 15 is 0 Å². The molecule has 6 aromatic carbocycles. The average Bonchev–Trinajstić information content (AvgIpc) is 3.30. The smallest absolute Gasteiger partial charge is 0.331 e. The molecule has 304 valence electrons. The van der Waals surface area contributed by atoms with Crippen LogP contribution in [0.4, 0.5) is 0 Å². The number of benzene rings is 6. The van der Waals surface area contributed by atoms with Crippen LogP contribution in [-0.2, 0) is 77.1 Å². The van der Waals surface area contributed by atoms with Crippen molar-refractivity contribution in [1.29, 1.82) is 0 Å². The van der Waals surface area contributed by atoms with E-state index in [4.69, 9.17) is 28.1 Å². The van der Waals surface area contributed by atoms with Crippen LogP contribution in [0.5, 0.6) is 0 Å². The Bertz CT molecular complexity index is 2110. The number of nitrogens with zero attached hydrogens (tertiary/aromatic N) is 1. The summed E-state index contributed by atoms with van der Waals surface area (Å²) < 4.78 is 47.2. The quantitative estimate of drug-likeness (QED) is 0.0244. The van der Waals surface area contributed by atoms with Crippen LogP contribution in [0.25, 0.3) is 0 Å². The molecule has 0 heterocycles. The Morgan fingerprint density at radius 3 is 1.29 bits per heavy atom. The van der Waals surface area contributed by atoms with Crippen LogP contribution < -0.4 is 0 Å². The maximum Gasteiger partial charge on any atom is 0.331 e. The van der Waals surface area contributed by atoms with Gasteiger partial charge in [-0.25, -0.2) is 5.06 Å². The van der Waals surface area contributed by atoms with E-state index in [0.717, 1.165) is 33.4 Å². The maximum atomic E-state index is 14.8. The highest BCUT2D eigenvalue weighted by molar-refractivity contribution is 7.53. The van der Waals surface area contributed by atoms with Gasteiger partial charge < -0.3 is 23.3 Å². The van der Waals surface area contributed by atoms with Gasteiger partial charge in [-0.15, -0.1) is 0 Å². The number of rotatable bonds is 25. The van der Waals surface area contributed by atoms with Crippen LogP contribution in [0, 0.1) is 0 Å². The number of hydrogen-bond acceptors (Lipinski definition) is 8. The molecule has 0 bridgehead atoms. The summed E-state index contributed by atoms with van der Waals surface area (Å²) in [6.07, 6.45) is -0.206. The second-order valence-corrected chi connectivity index (χ2v) is 15.9. The van der Waals surface area contributed by atoms with E-state index in [1.165, 1.54) is 5.06 Å². The van der Waals surface area contributed by atoms with Crippen molar-refractivity contribution in [3.63, 3.8) is 0 Å². The molecule has 1 amide bonds. The molecule has 0 aliphatic carbocycles. The second-order valence-electron chi connectivity index (χ2n) is 13.7. The lowest BCUT2D eigenvalue weighted by Crippen LogP contribution is -2.36. The van der Waals surface area contributed by atoms with Crippen molar-refractivity contribution in [3.8, 4) is 0 Å². The van der Waals surface area contributed by atoms with Gasteiger partial charge in [-0.3, -0.25) is 14.2 Å². The van der Waals surface area contributed by atoms with Crippen LogP contribution in [0.3, 0.4) is 0 Å². The number of carbonyl (C=O) groups excluding carboxylic acids is 1. The number of ether oxygens (including phenoxy) is 3. The Morgan fingerprint density at radius 2 is 0.864 bits per heavy atom. The minimum atomic E-state index is -3.79. The summed E-state index contributed by atoms with van der Waals surface area (Å²) in [7, 11) is -3.79. The van der Waals surface area contributed by atoms with Crippen LogP contribution in [0.1, 0.15) is 39.8 Å². The molecule has 1 unspecified atom stereocenters. The lowest BCUT2D eigenvalue weighted by molar-refractivity contribution is -0.188. The third kappa shape index (κ3) is 14.8. The first-order chi connectivity index (χ1) is 29.0. The molecule has 1 atom stereocenters. The van der Waals surface area contributed by atoms with E-state index in [2.05, 4.69) is 0 Å². The predicted molar refractivity (Wildman–Crippen MR) is 228 cm³/mol. The SMILES string of the molecule is O=CN(CC(OCc1ccccc1)/C(OCc1ccccc1)=C(/CCP(=O)(OCc1ccccc1)OCc1ccccc1)OCc1ccccc1)OCc1ccccc1. The Hall–Kier alpha value is -5.80. The summed E-state index contributed by atoms with van der Waals surface area (Å²) in [6.45, 7) is 0.832. The topological polar surface area (TPSA) is 92.8 Å². The van der Waals surface area contributed by atoms with Gasteiger partial charge in [0.25, 0.3) is 0 Å². The van der Waals surface area contributed by atoms with Crippen molar-refractivity contribution in [2.45, 2.75) is 52.2 Å². The lowest BCUT2D eigenvalue weighted by atomic mass is 10.2. The number of amides is 1. The molecule has 0 aromatic heterocycles. The highest BCUT2D eigenvalue weighted by Crippen LogP contribution is 2.51. The van der Waals surface area contributed by atoms with Crippen LogP contribution >= 0.6 is 7.60 Å². The minimum Gasteiger partial charge on any atom is -0.490 e. The minimum absolute atomic E-state index is 0.0394. The van der Waals surface area contributed by atoms with Crippen LogP contribution in [-0.4, -0.2) is 30.3 Å². The first kappa shape index (κ1) is 42.8. The fourth-order valence-electron chi connectivity index (χ4n) is 6.00. The van der Waals surface area contributed by atoms with Gasteiger partial charge in [-0.1, -0.05) is 182 Å². The molecule has 6 rings (SSSR count). The zero-order chi connectivity index (χ0) is 40.8. The average molecular weight is 812 g/mol. The molecule has 0 saturated carbocycles. The Kier molecular flexibility index (Phi) is 17.1. The van der Waals surface area contributed by atoms with E-state index in [-0.39, 0.29) is 58.8 Å². The number of allylic oxidation sites excluding steroid dienone is 1. The van der Waals surface area contributed by atoms with E-state index in [9.17, 15) is 9.36 Å². The van der Waals surface area contributed by atoms with Crippen LogP contribution in [0.2, 0.25) is 0 Å². The molecular weight excluding hydrogens is 762 g/mol. The highest BCUT2D eigenvalue weighted by atomic mass is 31.2. The normalized spacial score (nSPS) is 12.3. The summed E-state index contributed by atoms with van der Waals surface area (Å²) in [5.74, 6) is 0.706. The first-order valence-corrected chi connectivity index (χ1v) is 21.3. The fourth-order valence-corrected chi connectivity index (χ4v) is 7.50. The Balaban J connectivity index is 1.37. The molecule has 0 spiro atoms. The van der Waals surface area contributed by atoms with Gasteiger partial charge in [0.1, 0.15) is 31.7 Å². The predicted octanol–water partition coefficient (Wildman–Crippen LogP) is 10.8. The highest BCUT2D eigenvalue weighted by Gasteiger charge is 2.31. The van der Waals surface area contributed by atoms with Gasteiger partial charge in [-0.2, -0.15) is 0 Å². The summed E-state index contributed by atoms with van der Waals surface area (Å²) in [5, 5.41) is 1.21. The Labute approximate surface area is 347 Å². The zero-order valence-electron chi connectivity index (χ0n) is 33.0. The van der Waals surface area contributed by atoms with Crippen molar-refractivity contribution in [1.82, 2.24) is 5.06 Å². The molecule has 0 radical (unpaired) electrons. The number of hydrogen-bond donors (Lipinski definition) is 0. The van der Waals surface area contributed by atoms with E-state index in [0.29, 0.717) is 17.9 Å². The Morgan fingerprint density at radius 1 is 0.492 bits per heavy atom. The van der Waals surface area contributed by atoms with Crippen molar-refractivity contribution >= 4 is 14.0 Å². The van der Waals surface area contributed by atoms with Gasteiger partial charge in [0.15, 0.2) is 5.76 Å². The molecule has 0 N–H and O–H groups in total. The second kappa shape index (κ2) is 23.6. The summed E-state index contributed by atoms with van der Waals surface area (Å²) in [5.41, 5.74) is 5.35. The van der Waals surface area contributed by atoms with Crippen molar-refractivity contribution in [3.05, 3.63) is 227 Å². The van der Waals surface area contributed by atoms with Gasteiger partial charge >= 0.3 is 7.60 Å². The molecule has 0 saturated heterocycles. The largest absolute Gasteiger partial charge is 0.490 e. The van der Waals surface area contributed by atoms with Crippen LogP contribution in [0.15, 0.2) is 194 Å². The number of hydroxylamine groups is 2. The molecule has 0 aliphatic rings. The molecule has 10 heteroatoms. The summed E-state index contributed by atoms with van der Waals surface area (Å²) >= 11 is 0.